The topological polar surface area (TPSA) is 45.2 Å². The average molecular weight is 320 g/mol. The fourth-order valence-electron chi connectivity index (χ4n) is 2.44. The van der Waals surface area contributed by atoms with Crippen LogP contribution >= 0.6 is 11.6 Å². The lowest BCUT2D eigenvalue weighted by atomic mass is 10.1. The fraction of sp³-hybridized carbons (Fsp3) is 0.250. The molecule has 1 amide bonds. The Balaban J connectivity index is 1.82. The zero-order valence-corrected chi connectivity index (χ0v) is 12.6. The number of aromatic nitrogens is 1. The molecular formula is C16H15ClFN3O. The van der Waals surface area contributed by atoms with Crippen LogP contribution in [-0.2, 0) is 11.3 Å². The lowest BCUT2D eigenvalue weighted by Gasteiger charge is -2.27. The van der Waals surface area contributed by atoms with E-state index in [2.05, 4.69) is 10.3 Å². The van der Waals surface area contributed by atoms with Crippen LogP contribution in [0.3, 0.4) is 0 Å². The number of piperazine rings is 1. The highest BCUT2D eigenvalue weighted by atomic mass is 35.5. The molecule has 1 N–H and O–H groups in total. The summed E-state index contributed by atoms with van der Waals surface area (Å²) < 4.78 is 13.2. The van der Waals surface area contributed by atoms with Crippen LogP contribution in [0.2, 0.25) is 5.02 Å². The van der Waals surface area contributed by atoms with Crippen LogP contribution in [0.4, 0.5) is 4.39 Å². The number of carbonyl (C=O) groups excluding carboxylic acids is 1. The third kappa shape index (κ3) is 3.26. The van der Waals surface area contributed by atoms with Crippen molar-refractivity contribution < 1.29 is 9.18 Å². The molecule has 0 aliphatic carbocycles. The number of nitrogens with zero attached hydrogens (tertiary/aromatic N) is 2. The molecule has 1 aliphatic rings. The highest BCUT2D eigenvalue weighted by Crippen LogP contribution is 2.25. The molecule has 0 radical (unpaired) electrons. The summed E-state index contributed by atoms with van der Waals surface area (Å²) in [5.41, 5.74) is 2.59. The van der Waals surface area contributed by atoms with Crippen molar-refractivity contribution in [3.63, 3.8) is 0 Å². The quantitative estimate of drug-likeness (QED) is 0.945. The van der Waals surface area contributed by atoms with Gasteiger partial charge in [0.2, 0.25) is 5.91 Å². The molecule has 0 unspecified atom stereocenters. The molecule has 1 saturated heterocycles. The van der Waals surface area contributed by atoms with Crippen molar-refractivity contribution >= 4 is 17.5 Å². The van der Waals surface area contributed by atoms with Gasteiger partial charge in [0, 0.05) is 37.6 Å². The normalized spacial score (nSPS) is 15.2. The largest absolute Gasteiger partial charge is 0.336 e. The number of nitrogens with one attached hydrogen (secondary N) is 1. The van der Waals surface area contributed by atoms with Crippen LogP contribution in [0.15, 0.2) is 36.7 Å². The molecule has 1 aliphatic heterocycles. The third-order valence-electron chi connectivity index (χ3n) is 3.61. The molecular weight excluding hydrogens is 305 g/mol. The molecule has 1 fully saturated rings. The molecule has 114 valence electrons. The zero-order chi connectivity index (χ0) is 15.5. The lowest BCUT2D eigenvalue weighted by Crippen LogP contribution is -2.47. The first-order valence-corrected chi connectivity index (χ1v) is 7.39. The Morgan fingerprint density at radius 1 is 1.27 bits per heavy atom. The standard InChI is InChI=1S/C16H15ClFN3O/c17-14-6-12(1-2-15(14)18)13-5-11(7-20-8-13)10-21-4-3-19-9-16(21)22/h1-2,5-8,19H,3-4,9-10H2. The number of hydrogen-bond acceptors (Lipinski definition) is 3. The van der Waals surface area contributed by atoms with Gasteiger partial charge in [-0.3, -0.25) is 9.78 Å². The van der Waals surface area contributed by atoms with Crippen LogP contribution in [0.1, 0.15) is 5.56 Å². The van der Waals surface area contributed by atoms with Crippen molar-refractivity contribution in [2.24, 2.45) is 0 Å². The number of benzene rings is 1. The van der Waals surface area contributed by atoms with Gasteiger partial charge in [0.25, 0.3) is 0 Å². The fourth-order valence-corrected chi connectivity index (χ4v) is 2.62. The molecule has 0 atom stereocenters. The first-order valence-electron chi connectivity index (χ1n) is 7.01. The van der Waals surface area contributed by atoms with Crippen LogP contribution in [0.25, 0.3) is 11.1 Å². The van der Waals surface area contributed by atoms with E-state index in [-0.39, 0.29) is 10.9 Å². The van der Waals surface area contributed by atoms with Crippen LogP contribution in [-0.4, -0.2) is 35.4 Å². The summed E-state index contributed by atoms with van der Waals surface area (Å²) >= 11 is 5.82. The molecule has 1 aromatic heterocycles. The monoisotopic (exact) mass is 319 g/mol. The Hall–Kier alpha value is -1.98. The van der Waals surface area contributed by atoms with Crippen LogP contribution in [0, 0.1) is 5.82 Å². The van der Waals surface area contributed by atoms with Crippen LogP contribution in [0.5, 0.6) is 0 Å². The first-order chi connectivity index (χ1) is 10.6. The van der Waals surface area contributed by atoms with Crippen molar-refractivity contribution in [3.05, 3.63) is 53.1 Å². The molecule has 2 aromatic rings. The Bertz CT molecular complexity index is 708. The van der Waals surface area contributed by atoms with E-state index in [1.54, 1.807) is 29.4 Å². The second-order valence-electron chi connectivity index (χ2n) is 5.20. The minimum absolute atomic E-state index is 0.0835. The molecule has 4 nitrogen and oxygen atoms in total. The SMILES string of the molecule is O=C1CNCCN1Cc1cncc(-c2ccc(F)c(Cl)c2)c1. The minimum Gasteiger partial charge on any atom is -0.336 e. The van der Waals surface area contributed by atoms with Crippen molar-refractivity contribution in [2.45, 2.75) is 6.54 Å². The highest BCUT2D eigenvalue weighted by molar-refractivity contribution is 6.31. The van der Waals surface area contributed by atoms with Crippen molar-refractivity contribution in [1.82, 2.24) is 15.2 Å². The molecule has 3 rings (SSSR count). The lowest BCUT2D eigenvalue weighted by molar-refractivity contribution is -0.132. The number of amides is 1. The number of hydrogen-bond donors (Lipinski definition) is 1. The van der Waals surface area contributed by atoms with E-state index < -0.39 is 5.82 Å². The second-order valence-corrected chi connectivity index (χ2v) is 5.61. The first kappa shape index (κ1) is 14.9. The van der Waals surface area contributed by atoms with Crippen LogP contribution < -0.4 is 5.32 Å². The van der Waals surface area contributed by atoms with Gasteiger partial charge in [-0.25, -0.2) is 4.39 Å². The Kier molecular flexibility index (Phi) is 4.36. The summed E-state index contributed by atoms with van der Waals surface area (Å²) in [6.07, 6.45) is 3.44. The molecule has 22 heavy (non-hydrogen) atoms. The third-order valence-corrected chi connectivity index (χ3v) is 3.90. The summed E-state index contributed by atoms with van der Waals surface area (Å²) in [6.45, 7) is 2.38. The maximum Gasteiger partial charge on any atom is 0.236 e. The Morgan fingerprint density at radius 2 is 2.14 bits per heavy atom. The Morgan fingerprint density at radius 3 is 2.91 bits per heavy atom. The summed E-state index contributed by atoms with van der Waals surface area (Å²) in [6, 6.07) is 6.53. The number of halogens is 2. The van der Waals surface area contributed by atoms with Gasteiger partial charge in [-0.1, -0.05) is 17.7 Å². The zero-order valence-electron chi connectivity index (χ0n) is 11.9. The van der Waals surface area contributed by atoms with E-state index in [4.69, 9.17) is 11.6 Å². The average Bonchev–Trinajstić information content (AvgIpc) is 2.53. The van der Waals surface area contributed by atoms with Gasteiger partial charge in [-0.15, -0.1) is 0 Å². The number of rotatable bonds is 3. The van der Waals surface area contributed by atoms with Gasteiger partial charge >= 0.3 is 0 Å². The van der Waals surface area contributed by atoms with E-state index in [0.717, 1.165) is 23.2 Å². The molecule has 0 spiro atoms. The summed E-state index contributed by atoms with van der Waals surface area (Å²) in [7, 11) is 0. The van der Waals surface area contributed by atoms with Gasteiger partial charge in [0.1, 0.15) is 5.82 Å². The van der Waals surface area contributed by atoms with Gasteiger partial charge in [0.05, 0.1) is 11.6 Å². The molecule has 2 heterocycles. The Labute approximate surface area is 132 Å². The maximum atomic E-state index is 13.2. The van der Waals surface area contributed by atoms with Crippen molar-refractivity contribution in [3.8, 4) is 11.1 Å². The number of carbonyl (C=O) groups is 1. The smallest absolute Gasteiger partial charge is 0.236 e. The van der Waals surface area contributed by atoms with E-state index >= 15 is 0 Å². The van der Waals surface area contributed by atoms with Gasteiger partial charge < -0.3 is 10.2 Å². The predicted molar refractivity (Wildman–Crippen MR) is 82.9 cm³/mol. The highest BCUT2D eigenvalue weighted by Gasteiger charge is 2.17. The maximum absolute atomic E-state index is 13.2. The van der Waals surface area contributed by atoms with Gasteiger partial charge in [0.15, 0.2) is 0 Å². The van der Waals surface area contributed by atoms with Crippen molar-refractivity contribution in [1.29, 1.82) is 0 Å². The minimum atomic E-state index is -0.444. The van der Waals surface area contributed by atoms with Crippen molar-refractivity contribution in [2.75, 3.05) is 19.6 Å². The van der Waals surface area contributed by atoms with E-state index in [9.17, 15) is 9.18 Å². The summed E-state index contributed by atoms with van der Waals surface area (Å²) in [4.78, 5) is 17.8. The molecule has 0 bridgehead atoms. The summed E-state index contributed by atoms with van der Waals surface area (Å²) in [5.74, 6) is -0.359. The van der Waals surface area contributed by atoms with E-state index in [1.165, 1.54) is 6.07 Å². The van der Waals surface area contributed by atoms with Gasteiger partial charge in [-0.2, -0.15) is 0 Å². The summed E-state index contributed by atoms with van der Waals surface area (Å²) in [5, 5.41) is 3.13. The number of pyridine rings is 1. The predicted octanol–water partition coefficient (Wildman–Crippen LogP) is 2.47. The molecule has 1 aromatic carbocycles. The molecule has 6 heteroatoms. The van der Waals surface area contributed by atoms with E-state index in [1.807, 2.05) is 6.07 Å². The van der Waals surface area contributed by atoms with E-state index in [0.29, 0.717) is 19.6 Å². The second kappa shape index (κ2) is 6.42. The van der Waals surface area contributed by atoms with Gasteiger partial charge in [-0.05, 0) is 29.3 Å². The molecule has 0 saturated carbocycles.